The lowest BCUT2D eigenvalue weighted by atomic mass is 10.1. The van der Waals surface area contributed by atoms with E-state index in [-0.39, 0.29) is 12.3 Å². The number of rotatable bonds is 5. The highest BCUT2D eigenvalue weighted by Crippen LogP contribution is 2.39. The lowest BCUT2D eigenvalue weighted by Crippen LogP contribution is -2.49. The number of piperazine rings is 1. The van der Waals surface area contributed by atoms with Crippen LogP contribution in [0.25, 0.3) is 22.4 Å². The van der Waals surface area contributed by atoms with Gasteiger partial charge in [-0.2, -0.15) is 4.98 Å². The van der Waals surface area contributed by atoms with Gasteiger partial charge in [-0.05, 0) is 37.1 Å². The standard InChI is InChI=1S/C23H22N6O3/c30-21(13-18-17-3-1-2-4-19(17)31-26-18)29-11-9-28(10-12-29)20-8-7-16(14-24-20)22-25-23(32-27-22)15-5-6-15/h1-4,7-8,14-15H,5-6,9-13H2. The summed E-state index contributed by atoms with van der Waals surface area (Å²) >= 11 is 0. The Bertz CT molecular complexity index is 1250. The average molecular weight is 430 g/mol. The molecule has 4 heterocycles. The summed E-state index contributed by atoms with van der Waals surface area (Å²) in [5.41, 5.74) is 2.24. The summed E-state index contributed by atoms with van der Waals surface area (Å²) in [6.07, 6.45) is 4.28. The fourth-order valence-electron chi connectivity index (χ4n) is 4.06. The molecule has 0 spiro atoms. The Hall–Kier alpha value is -3.75. The molecule has 32 heavy (non-hydrogen) atoms. The largest absolute Gasteiger partial charge is 0.356 e. The minimum atomic E-state index is 0.0654. The van der Waals surface area contributed by atoms with Crippen molar-refractivity contribution in [2.45, 2.75) is 25.2 Å². The maximum Gasteiger partial charge on any atom is 0.230 e. The molecule has 3 aromatic heterocycles. The van der Waals surface area contributed by atoms with Crippen molar-refractivity contribution in [2.24, 2.45) is 0 Å². The van der Waals surface area contributed by atoms with E-state index in [1.807, 2.05) is 41.3 Å². The number of nitrogens with zero attached hydrogens (tertiary/aromatic N) is 6. The van der Waals surface area contributed by atoms with Crippen LogP contribution in [-0.4, -0.2) is 57.3 Å². The van der Waals surface area contributed by atoms with Gasteiger partial charge in [0.25, 0.3) is 0 Å². The zero-order valence-electron chi connectivity index (χ0n) is 17.5. The summed E-state index contributed by atoms with van der Waals surface area (Å²) in [5, 5.41) is 9.05. The first kappa shape index (κ1) is 19.0. The topological polar surface area (TPSA) is 101 Å². The second-order valence-corrected chi connectivity index (χ2v) is 8.31. The van der Waals surface area contributed by atoms with Crippen molar-refractivity contribution in [3.8, 4) is 11.4 Å². The second kappa shape index (κ2) is 7.74. The van der Waals surface area contributed by atoms with Gasteiger partial charge in [-0.1, -0.05) is 22.4 Å². The highest BCUT2D eigenvalue weighted by molar-refractivity contribution is 5.86. The summed E-state index contributed by atoms with van der Waals surface area (Å²) in [7, 11) is 0. The molecule has 0 bridgehead atoms. The van der Waals surface area contributed by atoms with E-state index in [0.717, 1.165) is 48.6 Å². The third-order valence-electron chi connectivity index (χ3n) is 6.10. The highest BCUT2D eigenvalue weighted by Gasteiger charge is 2.30. The normalized spacial score (nSPS) is 16.6. The van der Waals surface area contributed by atoms with Crippen molar-refractivity contribution < 1.29 is 13.8 Å². The van der Waals surface area contributed by atoms with Crippen molar-refractivity contribution in [2.75, 3.05) is 31.1 Å². The predicted molar refractivity (Wildman–Crippen MR) is 116 cm³/mol. The molecule has 0 N–H and O–H groups in total. The van der Waals surface area contributed by atoms with E-state index >= 15 is 0 Å². The number of amides is 1. The minimum absolute atomic E-state index is 0.0654. The molecule has 162 valence electrons. The molecule has 1 amide bonds. The number of pyridine rings is 1. The summed E-state index contributed by atoms with van der Waals surface area (Å²) in [5.74, 6) is 2.69. The third kappa shape index (κ3) is 3.59. The number of aromatic nitrogens is 4. The molecular formula is C23H22N6O3. The van der Waals surface area contributed by atoms with Gasteiger partial charge in [0, 0.05) is 49.2 Å². The van der Waals surface area contributed by atoms with Crippen molar-refractivity contribution in [1.29, 1.82) is 0 Å². The van der Waals surface area contributed by atoms with E-state index in [1.165, 1.54) is 0 Å². The van der Waals surface area contributed by atoms with Gasteiger partial charge >= 0.3 is 0 Å². The van der Waals surface area contributed by atoms with Crippen molar-refractivity contribution in [3.63, 3.8) is 0 Å². The van der Waals surface area contributed by atoms with Crippen molar-refractivity contribution in [1.82, 2.24) is 25.2 Å². The van der Waals surface area contributed by atoms with Crippen LogP contribution in [0.1, 0.15) is 30.3 Å². The summed E-state index contributed by atoms with van der Waals surface area (Å²) in [4.78, 5) is 25.9. The van der Waals surface area contributed by atoms with Crippen LogP contribution in [0.5, 0.6) is 0 Å². The molecule has 1 aromatic carbocycles. The number of para-hydroxylation sites is 1. The van der Waals surface area contributed by atoms with E-state index in [1.54, 1.807) is 6.20 Å². The second-order valence-electron chi connectivity index (χ2n) is 8.31. The van der Waals surface area contributed by atoms with Gasteiger partial charge in [-0.15, -0.1) is 0 Å². The maximum atomic E-state index is 12.8. The van der Waals surface area contributed by atoms with Crippen LogP contribution in [0.2, 0.25) is 0 Å². The molecule has 1 aliphatic heterocycles. The van der Waals surface area contributed by atoms with Gasteiger partial charge in [0.1, 0.15) is 11.5 Å². The average Bonchev–Trinajstić information content (AvgIpc) is 3.44. The highest BCUT2D eigenvalue weighted by atomic mass is 16.5. The molecule has 1 saturated carbocycles. The summed E-state index contributed by atoms with van der Waals surface area (Å²) in [6, 6.07) is 11.6. The van der Waals surface area contributed by atoms with Crippen LogP contribution in [0.15, 0.2) is 51.6 Å². The molecule has 4 aromatic rings. The fourth-order valence-corrected chi connectivity index (χ4v) is 4.06. The van der Waals surface area contributed by atoms with E-state index in [0.29, 0.717) is 36.1 Å². The Labute approximate surface area is 184 Å². The van der Waals surface area contributed by atoms with Gasteiger partial charge in [-0.3, -0.25) is 4.79 Å². The molecule has 1 aliphatic carbocycles. The molecular weight excluding hydrogens is 408 g/mol. The first-order chi connectivity index (χ1) is 15.7. The fraction of sp³-hybridized carbons (Fsp3) is 0.348. The first-order valence-corrected chi connectivity index (χ1v) is 10.9. The van der Waals surface area contributed by atoms with Crippen LogP contribution in [0.4, 0.5) is 5.82 Å². The Balaban J connectivity index is 1.07. The number of hydrogen-bond donors (Lipinski definition) is 0. The molecule has 6 rings (SSSR count). The van der Waals surface area contributed by atoms with Gasteiger partial charge in [0.15, 0.2) is 5.58 Å². The van der Waals surface area contributed by atoms with E-state index in [9.17, 15) is 4.79 Å². The van der Waals surface area contributed by atoms with Gasteiger partial charge in [-0.25, -0.2) is 4.98 Å². The van der Waals surface area contributed by atoms with Crippen LogP contribution >= 0.6 is 0 Å². The molecule has 1 saturated heterocycles. The molecule has 0 atom stereocenters. The number of hydrogen-bond acceptors (Lipinski definition) is 8. The molecule has 2 fully saturated rings. The molecule has 9 nitrogen and oxygen atoms in total. The quantitative estimate of drug-likeness (QED) is 0.476. The predicted octanol–water partition coefficient (Wildman–Crippen LogP) is 3.04. The lowest BCUT2D eigenvalue weighted by molar-refractivity contribution is -0.130. The summed E-state index contributed by atoms with van der Waals surface area (Å²) < 4.78 is 10.7. The molecule has 2 aliphatic rings. The Morgan fingerprint density at radius 1 is 1.00 bits per heavy atom. The Morgan fingerprint density at radius 3 is 2.62 bits per heavy atom. The number of fused-ring (bicyclic) bond motifs is 1. The molecule has 0 radical (unpaired) electrons. The van der Waals surface area contributed by atoms with Gasteiger partial charge < -0.3 is 18.8 Å². The smallest absolute Gasteiger partial charge is 0.230 e. The molecule has 9 heteroatoms. The Morgan fingerprint density at radius 2 is 1.84 bits per heavy atom. The number of anilines is 1. The summed E-state index contributed by atoms with van der Waals surface area (Å²) in [6.45, 7) is 2.75. The van der Waals surface area contributed by atoms with Crippen LogP contribution in [0, 0.1) is 0 Å². The SMILES string of the molecule is O=C(Cc1noc2ccccc12)N1CCN(c2ccc(-c3noc(C4CC4)n3)cn2)CC1. The van der Waals surface area contributed by atoms with E-state index in [4.69, 9.17) is 9.05 Å². The van der Waals surface area contributed by atoms with Gasteiger partial charge in [0.05, 0.1) is 6.42 Å². The zero-order chi connectivity index (χ0) is 21.5. The number of benzene rings is 1. The van der Waals surface area contributed by atoms with Gasteiger partial charge in [0.2, 0.25) is 17.6 Å². The minimum Gasteiger partial charge on any atom is -0.356 e. The first-order valence-electron chi connectivity index (χ1n) is 10.9. The monoisotopic (exact) mass is 430 g/mol. The third-order valence-corrected chi connectivity index (χ3v) is 6.10. The van der Waals surface area contributed by atoms with Crippen molar-refractivity contribution >= 4 is 22.7 Å². The number of carbonyl (C=O) groups excluding carboxylic acids is 1. The van der Waals surface area contributed by atoms with Crippen LogP contribution in [-0.2, 0) is 11.2 Å². The Kier molecular flexibility index (Phi) is 4.59. The van der Waals surface area contributed by atoms with Crippen LogP contribution in [0.3, 0.4) is 0 Å². The zero-order valence-corrected chi connectivity index (χ0v) is 17.5. The van der Waals surface area contributed by atoms with Crippen molar-refractivity contribution in [3.05, 3.63) is 54.2 Å². The van der Waals surface area contributed by atoms with Crippen LogP contribution < -0.4 is 4.90 Å². The lowest BCUT2D eigenvalue weighted by Gasteiger charge is -2.35. The molecule has 0 unspecified atom stereocenters. The number of carbonyl (C=O) groups is 1. The van der Waals surface area contributed by atoms with E-state index < -0.39 is 0 Å². The van der Waals surface area contributed by atoms with E-state index in [2.05, 4.69) is 25.2 Å². The maximum absolute atomic E-state index is 12.8.